The molecule has 4 aliphatic rings. The number of aliphatic hydroxyl groups is 2. The molecule has 12 heteroatoms. The van der Waals surface area contributed by atoms with Crippen LogP contribution in [0.2, 0.25) is 0 Å². The maximum Gasteiger partial charge on any atom is 0.326 e. The molecule has 0 aromatic heterocycles. The van der Waals surface area contributed by atoms with E-state index in [4.69, 9.17) is 15.6 Å². The molecule has 3 fully saturated rings. The average Bonchev–Trinajstić information content (AvgIpc) is 3.16. The number of esters is 1. The lowest BCUT2D eigenvalue weighted by molar-refractivity contribution is -0.184. The number of nitrogens with one attached hydrogen (secondary N) is 1. The zero-order valence-corrected chi connectivity index (χ0v) is 23.5. The molecule has 4 aliphatic carbocycles. The minimum absolute atomic E-state index is 0.0252. The molecule has 4 rings (SSSR count). The second kappa shape index (κ2) is 11.3. The molecule has 12 nitrogen and oxygen atoms in total. The van der Waals surface area contributed by atoms with Crippen LogP contribution in [0.3, 0.4) is 0 Å². The molecular weight excluding hydrogens is 536 g/mol. The van der Waals surface area contributed by atoms with Gasteiger partial charge in [-0.15, -0.1) is 0 Å². The van der Waals surface area contributed by atoms with Gasteiger partial charge in [-0.25, -0.2) is 4.79 Å². The third-order valence-corrected chi connectivity index (χ3v) is 10.5. The fourth-order valence-electron chi connectivity index (χ4n) is 8.37. The van der Waals surface area contributed by atoms with Gasteiger partial charge in [0, 0.05) is 18.3 Å². The van der Waals surface area contributed by atoms with Crippen LogP contribution in [0.1, 0.15) is 78.1 Å². The summed E-state index contributed by atoms with van der Waals surface area (Å²) < 4.78 is 5.08. The van der Waals surface area contributed by atoms with Crippen molar-refractivity contribution in [1.29, 1.82) is 0 Å². The molecule has 0 radical (unpaired) electrons. The zero-order valence-electron chi connectivity index (χ0n) is 23.5. The average molecular weight is 577 g/mol. The van der Waals surface area contributed by atoms with Gasteiger partial charge in [0.15, 0.2) is 12.4 Å². The largest absolute Gasteiger partial charge is 0.480 e. The van der Waals surface area contributed by atoms with Crippen molar-refractivity contribution in [2.24, 2.45) is 34.3 Å². The van der Waals surface area contributed by atoms with Crippen LogP contribution in [0.5, 0.6) is 0 Å². The van der Waals surface area contributed by atoms with Gasteiger partial charge in [-0.05, 0) is 67.8 Å². The number of carbonyl (C=O) groups excluding carboxylic acids is 5. The number of primary amides is 1. The van der Waals surface area contributed by atoms with Gasteiger partial charge in [0.1, 0.15) is 11.6 Å². The first-order valence-electron chi connectivity index (χ1n) is 14.3. The molecule has 41 heavy (non-hydrogen) atoms. The number of ketones is 2. The fourth-order valence-corrected chi connectivity index (χ4v) is 8.37. The van der Waals surface area contributed by atoms with E-state index in [0.717, 1.165) is 18.4 Å². The maximum absolute atomic E-state index is 13.3. The second-order valence-corrected chi connectivity index (χ2v) is 12.7. The van der Waals surface area contributed by atoms with Crippen LogP contribution < -0.4 is 11.1 Å². The lowest BCUT2D eigenvalue weighted by Crippen LogP contribution is -2.62. The van der Waals surface area contributed by atoms with Crippen LogP contribution in [0.15, 0.2) is 11.6 Å². The summed E-state index contributed by atoms with van der Waals surface area (Å²) in [4.78, 5) is 71.8. The van der Waals surface area contributed by atoms with E-state index >= 15 is 0 Å². The van der Waals surface area contributed by atoms with E-state index in [1.165, 1.54) is 0 Å². The Kier molecular flexibility index (Phi) is 8.48. The molecule has 0 aromatic rings. The van der Waals surface area contributed by atoms with E-state index in [-0.39, 0.29) is 41.8 Å². The van der Waals surface area contributed by atoms with Crippen molar-refractivity contribution >= 4 is 35.3 Å². The fraction of sp³-hybridized carbons (Fsp3) is 0.724. The topological polar surface area (TPSA) is 210 Å². The minimum Gasteiger partial charge on any atom is -0.480 e. The molecule has 0 spiro atoms. The van der Waals surface area contributed by atoms with Gasteiger partial charge >= 0.3 is 11.9 Å². The highest BCUT2D eigenvalue weighted by Crippen LogP contribution is 2.67. The van der Waals surface area contributed by atoms with Gasteiger partial charge in [-0.2, -0.15) is 0 Å². The van der Waals surface area contributed by atoms with Crippen LogP contribution in [0.25, 0.3) is 0 Å². The molecule has 0 bridgehead atoms. The molecule has 0 aliphatic heterocycles. The first kappa shape index (κ1) is 30.8. The number of Topliss-reactive ketones (excluding diaryl/α,β-unsaturated/α-hetero) is 1. The van der Waals surface area contributed by atoms with Crippen LogP contribution in [-0.4, -0.2) is 75.0 Å². The summed E-state index contributed by atoms with van der Waals surface area (Å²) in [5.74, 6) is -4.62. The monoisotopic (exact) mass is 576 g/mol. The number of carbonyl (C=O) groups is 6. The number of hydrogen-bond acceptors (Lipinski definition) is 9. The lowest BCUT2D eigenvalue weighted by Gasteiger charge is -2.60. The third-order valence-electron chi connectivity index (χ3n) is 10.5. The number of rotatable bonds is 10. The van der Waals surface area contributed by atoms with Gasteiger partial charge in [-0.3, -0.25) is 24.0 Å². The summed E-state index contributed by atoms with van der Waals surface area (Å²) in [6.07, 6.45) is 3.10. The Morgan fingerprint density at radius 1 is 1.12 bits per heavy atom. The molecule has 0 heterocycles. The lowest BCUT2D eigenvalue weighted by atomic mass is 9.45. The third kappa shape index (κ3) is 5.55. The number of hydrogen-bond donors (Lipinski definition) is 5. The summed E-state index contributed by atoms with van der Waals surface area (Å²) >= 11 is 0. The highest BCUT2D eigenvalue weighted by Gasteiger charge is 2.68. The molecule has 226 valence electrons. The van der Waals surface area contributed by atoms with Gasteiger partial charge < -0.3 is 31.1 Å². The number of allylic oxidation sites excluding steroid dienone is 1. The predicted octanol–water partition coefficient (Wildman–Crippen LogP) is 0.558. The van der Waals surface area contributed by atoms with Crippen molar-refractivity contribution in [3.05, 3.63) is 11.6 Å². The van der Waals surface area contributed by atoms with E-state index in [0.29, 0.717) is 19.3 Å². The van der Waals surface area contributed by atoms with Crippen molar-refractivity contribution in [2.45, 2.75) is 95.8 Å². The van der Waals surface area contributed by atoms with Gasteiger partial charge in [0.2, 0.25) is 17.6 Å². The molecule has 0 unspecified atom stereocenters. The van der Waals surface area contributed by atoms with Crippen molar-refractivity contribution in [3.63, 3.8) is 0 Å². The Labute approximate surface area is 238 Å². The van der Waals surface area contributed by atoms with E-state index in [9.17, 15) is 39.0 Å². The van der Waals surface area contributed by atoms with E-state index < -0.39 is 78.6 Å². The highest BCUT2D eigenvalue weighted by molar-refractivity contribution is 5.93. The van der Waals surface area contributed by atoms with Crippen LogP contribution in [0, 0.1) is 28.6 Å². The summed E-state index contributed by atoms with van der Waals surface area (Å²) in [7, 11) is 0. The maximum atomic E-state index is 13.3. The summed E-state index contributed by atoms with van der Waals surface area (Å²) in [6.45, 7) is 3.26. The molecule has 0 aromatic carbocycles. The van der Waals surface area contributed by atoms with Crippen molar-refractivity contribution < 1.29 is 48.8 Å². The van der Waals surface area contributed by atoms with Gasteiger partial charge in [0.25, 0.3) is 0 Å². The van der Waals surface area contributed by atoms with E-state index in [1.54, 1.807) is 6.08 Å². The minimum atomic E-state index is -1.80. The Morgan fingerprint density at radius 2 is 1.83 bits per heavy atom. The summed E-state index contributed by atoms with van der Waals surface area (Å²) in [6, 6.07) is -1.52. The van der Waals surface area contributed by atoms with Crippen molar-refractivity contribution in [2.75, 3.05) is 6.61 Å². The molecule has 2 amide bonds. The normalized spacial score (nSPS) is 36.6. The zero-order chi connectivity index (χ0) is 30.3. The van der Waals surface area contributed by atoms with E-state index in [1.807, 2.05) is 6.92 Å². The Morgan fingerprint density at radius 3 is 2.49 bits per heavy atom. The number of fused-ring (bicyclic) bond motifs is 5. The Hall–Kier alpha value is -3.12. The van der Waals surface area contributed by atoms with Gasteiger partial charge in [0.05, 0.1) is 18.9 Å². The Balaban J connectivity index is 1.36. The highest BCUT2D eigenvalue weighted by atomic mass is 16.5. The second-order valence-electron chi connectivity index (χ2n) is 12.7. The molecular formula is C29H40N2O10. The first-order valence-corrected chi connectivity index (χ1v) is 14.3. The smallest absolute Gasteiger partial charge is 0.326 e. The molecule has 6 N–H and O–H groups in total. The number of aliphatic hydroxyl groups excluding tert-OH is 1. The quantitative estimate of drug-likeness (QED) is 0.228. The van der Waals surface area contributed by atoms with Crippen LogP contribution >= 0.6 is 0 Å². The number of ether oxygens (including phenoxy) is 1. The number of amides is 2. The molecule has 0 saturated heterocycles. The Bertz CT molecular complexity index is 1180. The molecule has 3 saturated carbocycles. The van der Waals surface area contributed by atoms with Crippen molar-refractivity contribution in [3.8, 4) is 0 Å². The van der Waals surface area contributed by atoms with E-state index in [2.05, 4.69) is 12.2 Å². The van der Waals surface area contributed by atoms with Crippen molar-refractivity contribution in [1.82, 2.24) is 5.32 Å². The standard InChI is InChI=1S/C29H40N2O10/c1-27-9-7-16(32)11-15(27)3-4-17-18-8-10-29(40,28(18,2)13-20(33)25(17)27)21(34)14-41-24(37)6-5-23(36)31-19(26(38)39)12-22(30)35/h11,17-20,25,33,40H,3-10,12-14H2,1-2H3,(H2,30,35)(H,31,36)(H,38,39)/t17-,18-,19-,20-,25+,27-,28-,29-/m0/s1. The van der Waals surface area contributed by atoms with Gasteiger partial charge in [-0.1, -0.05) is 19.4 Å². The summed E-state index contributed by atoms with van der Waals surface area (Å²) in [5.41, 5.74) is 3.05. The number of carboxylic acids is 1. The number of aliphatic carboxylic acids is 1. The number of nitrogens with two attached hydrogens (primary N) is 1. The molecule has 8 atom stereocenters. The predicted molar refractivity (Wildman–Crippen MR) is 142 cm³/mol. The number of carboxylic acid groups (broad SMARTS) is 1. The first-order chi connectivity index (χ1) is 19.1. The van der Waals surface area contributed by atoms with Crippen LogP contribution in [-0.2, 0) is 33.5 Å². The summed E-state index contributed by atoms with van der Waals surface area (Å²) in [5, 5.41) is 34.4. The van der Waals surface area contributed by atoms with Crippen LogP contribution in [0.4, 0.5) is 0 Å². The SMILES string of the molecule is C[C@]12CCC(=O)C=C1CC[C@@H]1[C@@H]2[C@@H](O)C[C@@]2(C)[C@H]1CC[C@]2(O)C(=O)COC(=O)CCC(=O)N[C@@H](CC(N)=O)C(=O)O.